The van der Waals surface area contributed by atoms with Crippen molar-refractivity contribution in [3.8, 4) is 5.82 Å². The zero-order valence-corrected chi connectivity index (χ0v) is 14.1. The minimum absolute atomic E-state index is 0.196. The maximum atomic E-state index is 12.3. The van der Waals surface area contributed by atoms with E-state index >= 15 is 0 Å². The van der Waals surface area contributed by atoms with Gasteiger partial charge in [-0.2, -0.15) is 0 Å². The third-order valence-corrected chi connectivity index (χ3v) is 4.08. The summed E-state index contributed by atoms with van der Waals surface area (Å²) in [5.41, 5.74) is 1.20. The van der Waals surface area contributed by atoms with Crippen LogP contribution in [0.3, 0.4) is 0 Å². The Balaban J connectivity index is 1.77. The first kappa shape index (κ1) is 15.0. The average molecular weight is 425 g/mol. The molecule has 1 N–H and O–H groups in total. The first-order valence-electron chi connectivity index (χ1n) is 6.34. The Morgan fingerprint density at radius 3 is 2.77 bits per heavy atom. The number of aromatic nitrogens is 3. The molecule has 22 heavy (non-hydrogen) atoms. The molecule has 0 fully saturated rings. The minimum atomic E-state index is -0.196. The lowest BCUT2D eigenvalue weighted by atomic mass is 10.2. The van der Waals surface area contributed by atoms with Gasteiger partial charge in [-0.3, -0.25) is 9.36 Å². The molecule has 0 spiro atoms. The van der Waals surface area contributed by atoms with Gasteiger partial charge in [-0.05, 0) is 52.9 Å². The highest BCUT2D eigenvalue weighted by atomic mass is 127. The van der Waals surface area contributed by atoms with Gasteiger partial charge in [0.25, 0.3) is 5.91 Å². The van der Waals surface area contributed by atoms with Crippen LogP contribution in [0, 0.1) is 3.57 Å². The average Bonchev–Trinajstić information content (AvgIpc) is 3.02. The number of rotatable bonds is 3. The molecular weight excluding hydrogens is 415 g/mol. The highest BCUT2D eigenvalue weighted by Gasteiger charge is 2.11. The molecule has 7 heteroatoms. The highest BCUT2D eigenvalue weighted by molar-refractivity contribution is 14.1. The molecule has 110 valence electrons. The number of anilines is 1. The molecule has 0 radical (unpaired) electrons. The van der Waals surface area contributed by atoms with Crippen molar-refractivity contribution < 1.29 is 4.79 Å². The number of hydrogen-bond acceptors (Lipinski definition) is 3. The van der Waals surface area contributed by atoms with Gasteiger partial charge in [0.2, 0.25) is 0 Å². The molecule has 0 saturated carbocycles. The van der Waals surface area contributed by atoms with Crippen LogP contribution in [0.4, 0.5) is 5.69 Å². The van der Waals surface area contributed by atoms with Gasteiger partial charge >= 0.3 is 0 Å². The normalized spacial score (nSPS) is 10.5. The topological polar surface area (TPSA) is 59.8 Å². The fourth-order valence-corrected chi connectivity index (χ4v) is 3.00. The Morgan fingerprint density at radius 2 is 2.14 bits per heavy atom. The second kappa shape index (κ2) is 6.45. The standard InChI is InChI=1S/C15H10ClIN4O/c16-10-1-3-12(13(17)7-10)15(22)20-11-2-4-14(19-8-11)21-6-5-18-9-21/h1-9H,(H,20,22). The van der Waals surface area contributed by atoms with Crippen LogP contribution in [0.2, 0.25) is 5.02 Å². The quantitative estimate of drug-likeness (QED) is 0.651. The zero-order chi connectivity index (χ0) is 15.5. The van der Waals surface area contributed by atoms with E-state index in [-0.39, 0.29) is 5.91 Å². The van der Waals surface area contributed by atoms with E-state index in [0.29, 0.717) is 16.3 Å². The second-order valence-corrected chi connectivity index (χ2v) is 6.05. The molecule has 0 aliphatic heterocycles. The van der Waals surface area contributed by atoms with Crippen LogP contribution in [0.15, 0.2) is 55.2 Å². The monoisotopic (exact) mass is 424 g/mol. The number of imidazole rings is 1. The summed E-state index contributed by atoms with van der Waals surface area (Å²) < 4.78 is 2.58. The lowest BCUT2D eigenvalue weighted by molar-refractivity contribution is 0.102. The van der Waals surface area contributed by atoms with Crippen molar-refractivity contribution in [3.05, 3.63) is 69.4 Å². The van der Waals surface area contributed by atoms with E-state index in [1.165, 1.54) is 0 Å². The minimum Gasteiger partial charge on any atom is -0.321 e. The molecule has 0 aliphatic rings. The van der Waals surface area contributed by atoms with Gasteiger partial charge in [-0.1, -0.05) is 11.6 Å². The van der Waals surface area contributed by atoms with E-state index in [1.54, 1.807) is 53.8 Å². The van der Waals surface area contributed by atoms with E-state index < -0.39 is 0 Å². The van der Waals surface area contributed by atoms with Crippen molar-refractivity contribution in [3.63, 3.8) is 0 Å². The summed E-state index contributed by atoms with van der Waals surface area (Å²) in [5.74, 6) is 0.537. The van der Waals surface area contributed by atoms with Gasteiger partial charge in [0, 0.05) is 21.0 Å². The third kappa shape index (κ3) is 3.28. The van der Waals surface area contributed by atoms with Crippen LogP contribution >= 0.6 is 34.2 Å². The number of carbonyl (C=O) groups is 1. The predicted octanol–water partition coefficient (Wildman–Crippen LogP) is 3.78. The van der Waals surface area contributed by atoms with E-state index in [4.69, 9.17) is 11.6 Å². The Bertz CT molecular complexity index is 803. The number of pyridine rings is 1. The number of nitrogens with zero attached hydrogens (tertiary/aromatic N) is 3. The molecular formula is C15H10ClIN4O. The maximum Gasteiger partial charge on any atom is 0.256 e. The Morgan fingerprint density at radius 1 is 1.27 bits per heavy atom. The summed E-state index contributed by atoms with van der Waals surface area (Å²) in [4.78, 5) is 20.5. The summed E-state index contributed by atoms with van der Waals surface area (Å²) >= 11 is 7.98. The van der Waals surface area contributed by atoms with Gasteiger partial charge in [-0.25, -0.2) is 9.97 Å². The van der Waals surface area contributed by atoms with Crippen LogP contribution in [0.1, 0.15) is 10.4 Å². The smallest absolute Gasteiger partial charge is 0.256 e. The lowest BCUT2D eigenvalue weighted by Gasteiger charge is -2.08. The van der Waals surface area contributed by atoms with Crippen LogP contribution in [0.25, 0.3) is 5.82 Å². The molecule has 2 aromatic heterocycles. The summed E-state index contributed by atoms with van der Waals surface area (Å²) in [6.07, 6.45) is 6.75. The van der Waals surface area contributed by atoms with Gasteiger partial charge in [0.1, 0.15) is 12.1 Å². The molecule has 3 aromatic rings. The molecule has 1 amide bonds. The van der Waals surface area contributed by atoms with E-state index in [0.717, 1.165) is 9.39 Å². The Hall–Kier alpha value is -1.93. The van der Waals surface area contributed by atoms with Crippen LogP contribution in [-0.2, 0) is 0 Å². The summed E-state index contributed by atoms with van der Waals surface area (Å²) in [5, 5.41) is 3.42. The lowest BCUT2D eigenvalue weighted by Crippen LogP contribution is -2.13. The molecule has 0 aliphatic carbocycles. The van der Waals surface area contributed by atoms with Crippen molar-refractivity contribution in [1.29, 1.82) is 0 Å². The van der Waals surface area contributed by atoms with Crippen molar-refractivity contribution in [2.75, 3.05) is 5.32 Å². The van der Waals surface area contributed by atoms with Crippen LogP contribution in [0.5, 0.6) is 0 Å². The van der Waals surface area contributed by atoms with Gasteiger partial charge in [0.15, 0.2) is 0 Å². The van der Waals surface area contributed by atoms with E-state index in [9.17, 15) is 4.79 Å². The number of amides is 1. The van der Waals surface area contributed by atoms with E-state index in [2.05, 4.69) is 37.9 Å². The molecule has 0 saturated heterocycles. The number of carbonyl (C=O) groups excluding carboxylic acids is 1. The van der Waals surface area contributed by atoms with Crippen molar-refractivity contribution in [2.24, 2.45) is 0 Å². The molecule has 5 nitrogen and oxygen atoms in total. The Labute approximate surface area is 145 Å². The predicted molar refractivity (Wildman–Crippen MR) is 93.5 cm³/mol. The zero-order valence-electron chi connectivity index (χ0n) is 11.2. The second-order valence-electron chi connectivity index (χ2n) is 4.45. The number of nitrogens with one attached hydrogen (secondary N) is 1. The number of halogens is 2. The summed E-state index contributed by atoms with van der Waals surface area (Å²) in [6.45, 7) is 0. The van der Waals surface area contributed by atoms with E-state index in [1.807, 2.05) is 6.07 Å². The Kier molecular flexibility index (Phi) is 4.39. The maximum absolute atomic E-state index is 12.3. The number of hydrogen-bond donors (Lipinski definition) is 1. The fraction of sp³-hybridized carbons (Fsp3) is 0. The molecule has 0 unspecified atom stereocenters. The summed E-state index contributed by atoms with van der Waals surface area (Å²) in [6, 6.07) is 8.75. The summed E-state index contributed by atoms with van der Waals surface area (Å²) in [7, 11) is 0. The first-order chi connectivity index (χ1) is 10.6. The van der Waals surface area contributed by atoms with Gasteiger partial charge in [-0.15, -0.1) is 0 Å². The fourth-order valence-electron chi connectivity index (χ4n) is 1.88. The van der Waals surface area contributed by atoms with Crippen molar-refractivity contribution in [1.82, 2.24) is 14.5 Å². The third-order valence-electron chi connectivity index (χ3n) is 2.95. The highest BCUT2D eigenvalue weighted by Crippen LogP contribution is 2.19. The van der Waals surface area contributed by atoms with Crippen LogP contribution < -0.4 is 5.32 Å². The number of benzene rings is 1. The SMILES string of the molecule is O=C(Nc1ccc(-n2ccnc2)nc1)c1ccc(Cl)cc1I. The molecule has 0 atom stereocenters. The van der Waals surface area contributed by atoms with Gasteiger partial charge in [0.05, 0.1) is 17.4 Å². The molecule has 3 rings (SSSR count). The molecule has 1 aromatic carbocycles. The largest absolute Gasteiger partial charge is 0.321 e. The van der Waals surface area contributed by atoms with Crippen molar-refractivity contribution >= 4 is 45.8 Å². The molecule has 0 bridgehead atoms. The first-order valence-corrected chi connectivity index (χ1v) is 7.80. The molecule has 2 heterocycles. The van der Waals surface area contributed by atoms with Gasteiger partial charge < -0.3 is 5.32 Å². The van der Waals surface area contributed by atoms with Crippen LogP contribution in [-0.4, -0.2) is 20.4 Å². The van der Waals surface area contributed by atoms with Crippen molar-refractivity contribution in [2.45, 2.75) is 0 Å².